The van der Waals surface area contributed by atoms with Gasteiger partial charge in [0.25, 0.3) is 0 Å². The lowest BCUT2D eigenvalue weighted by atomic mass is 10.00. The molecule has 0 fully saturated rings. The second-order valence-electron chi connectivity index (χ2n) is 6.13. The van der Waals surface area contributed by atoms with Crippen LogP contribution in [0.1, 0.15) is 85.0 Å². The quantitative estimate of drug-likeness (QED) is 0.258. The van der Waals surface area contributed by atoms with E-state index in [-0.39, 0.29) is 20.0 Å². The summed E-state index contributed by atoms with van der Waals surface area (Å²) in [7, 11) is 0. The number of halogens is 4. The van der Waals surface area contributed by atoms with E-state index in [2.05, 4.69) is 6.92 Å². The van der Waals surface area contributed by atoms with Crippen molar-refractivity contribution in [1.82, 2.24) is 0 Å². The summed E-state index contributed by atoms with van der Waals surface area (Å²) in [6.45, 7) is 4.52. The van der Waals surface area contributed by atoms with Gasteiger partial charge in [-0.15, -0.1) is 0 Å². The van der Waals surface area contributed by atoms with E-state index >= 15 is 0 Å². The highest BCUT2D eigenvalue weighted by Crippen LogP contribution is 2.39. The summed E-state index contributed by atoms with van der Waals surface area (Å²) in [6.07, 6.45) is 6.22. The maximum absolute atomic E-state index is 13.9. The summed E-state index contributed by atoms with van der Waals surface area (Å²) in [4.78, 5) is 0. The lowest BCUT2D eigenvalue weighted by Gasteiger charge is -2.31. The van der Waals surface area contributed by atoms with Crippen molar-refractivity contribution in [2.24, 2.45) is 0 Å². The molecule has 1 unspecified atom stereocenters. The first-order valence-corrected chi connectivity index (χ1v) is 8.64. The molecule has 0 saturated carbocycles. The minimum atomic E-state index is -4.11. The van der Waals surface area contributed by atoms with Crippen molar-refractivity contribution in [3.63, 3.8) is 0 Å². The number of hydrogen-bond acceptors (Lipinski definition) is 1. The molecule has 0 aliphatic carbocycles. The fraction of sp³-hybridized carbons (Fsp3) is 1.00. The smallest absolute Gasteiger partial charge is 0.335 e. The summed E-state index contributed by atoms with van der Waals surface area (Å²) < 4.78 is 59.3. The number of alkyl halides is 4. The largest absolute Gasteiger partial charge is 0.372 e. The van der Waals surface area contributed by atoms with Crippen molar-refractivity contribution >= 4 is 0 Å². The Morgan fingerprint density at radius 1 is 0.773 bits per heavy atom. The molecule has 0 aromatic rings. The van der Waals surface area contributed by atoms with E-state index in [1.165, 1.54) is 0 Å². The standard InChI is InChI=1S/C17H32F4O/c1-4-6-8-10-11-13-15(17(20,21)16(3,18)19)22-14-12-9-7-5-2/h15H,4-14H2,1-3H3. The number of hydrogen-bond donors (Lipinski definition) is 0. The Morgan fingerprint density at radius 2 is 1.27 bits per heavy atom. The first-order valence-electron chi connectivity index (χ1n) is 8.64. The summed E-state index contributed by atoms with van der Waals surface area (Å²) in [5.74, 6) is -8.16. The lowest BCUT2D eigenvalue weighted by molar-refractivity contribution is -0.256. The molecule has 1 atom stereocenters. The average Bonchev–Trinajstić information content (AvgIpc) is 2.43. The average molecular weight is 328 g/mol. The number of unbranched alkanes of at least 4 members (excludes halogenated alkanes) is 7. The van der Waals surface area contributed by atoms with Crippen LogP contribution in [0.5, 0.6) is 0 Å². The Labute approximate surface area is 132 Å². The van der Waals surface area contributed by atoms with Gasteiger partial charge < -0.3 is 4.74 Å². The predicted molar refractivity (Wildman–Crippen MR) is 82.8 cm³/mol. The molecule has 0 aromatic carbocycles. The number of rotatable bonds is 14. The lowest BCUT2D eigenvalue weighted by Crippen LogP contribution is -2.49. The zero-order valence-corrected chi connectivity index (χ0v) is 14.3. The van der Waals surface area contributed by atoms with E-state index < -0.39 is 17.9 Å². The Bertz CT molecular complexity index is 250. The van der Waals surface area contributed by atoms with Crippen LogP contribution in [0.15, 0.2) is 0 Å². The maximum Gasteiger partial charge on any atom is 0.335 e. The van der Waals surface area contributed by atoms with Crippen LogP contribution in [0.2, 0.25) is 0 Å². The van der Waals surface area contributed by atoms with Gasteiger partial charge in [0, 0.05) is 13.5 Å². The zero-order chi connectivity index (χ0) is 17.1. The second-order valence-corrected chi connectivity index (χ2v) is 6.13. The summed E-state index contributed by atoms with van der Waals surface area (Å²) in [6, 6.07) is 0. The highest BCUT2D eigenvalue weighted by molar-refractivity contribution is 4.88. The third-order valence-corrected chi connectivity index (χ3v) is 3.88. The van der Waals surface area contributed by atoms with Crippen molar-refractivity contribution in [2.45, 2.75) is 103 Å². The molecule has 1 nitrogen and oxygen atoms in total. The van der Waals surface area contributed by atoms with Gasteiger partial charge in [-0.2, -0.15) is 8.78 Å². The van der Waals surface area contributed by atoms with Crippen LogP contribution in [0, 0.1) is 0 Å². The van der Waals surface area contributed by atoms with E-state index in [9.17, 15) is 17.6 Å². The molecule has 5 heteroatoms. The molecule has 0 spiro atoms. The van der Waals surface area contributed by atoms with Gasteiger partial charge >= 0.3 is 11.8 Å². The SMILES string of the molecule is CCCCCCCC(OCCCCCC)C(F)(F)C(C)(F)F. The van der Waals surface area contributed by atoms with Crippen LogP contribution < -0.4 is 0 Å². The van der Waals surface area contributed by atoms with Crippen LogP contribution in [-0.4, -0.2) is 24.6 Å². The minimum Gasteiger partial charge on any atom is -0.372 e. The van der Waals surface area contributed by atoms with Crippen molar-refractivity contribution < 1.29 is 22.3 Å². The summed E-state index contributed by atoms with van der Waals surface area (Å²) in [5, 5.41) is 0. The van der Waals surface area contributed by atoms with Crippen molar-refractivity contribution in [3.8, 4) is 0 Å². The highest BCUT2D eigenvalue weighted by atomic mass is 19.3. The Morgan fingerprint density at radius 3 is 1.77 bits per heavy atom. The zero-order valence-electron chi connectivity index (χ0n) is 14.3. The third kappa shape index (κ3) is 8.35. The molecular formula is C17H32F4O. The molecule has 134 valence electrons. The van der Waals surface area contributed by atoms with Gasteiger partial charge in [-0.25, -0.2) is 8.78 Å². The van der Waals surface area contributed by atoms with E-state index in [4.69, 9.17) is 4.74 Å². The normalized spacial score (nSPS) is 14.3. The van der Waals surface area contributed by atoms with Crippen molar-refractivity contribution in [3.05, 3.63) is 0 Å². The van der Waals surface area contributed by atoms with Gasteiger partial charge in [0.15, 0.2) is 0 Å². The topological polar surface area (TPSA) is 9.23 Å². The van der Waals surface area contributed by atoms with Crippen molar-refractivity contribution in [1.29, 1.82) is 0 Å². The fourth-order valence-electron chi connectivity index (χ4n) is 2.34. The van der Waals surface area contributed by atoms with Gasteiger partial charge in [-0.05, 0) is 12.8 Å². The molecule has 0 aromatic heterocycles. The monoisotopic (exact) mass is 328 g/mol. The third-order valence-electron chi connectivity index (χ3n) is 3.88. The van der Waals surface area contributed by atoms with E-state index in [1.54, 1.807) is 0 Å². The molecule has 0 amide bonds. The van der Waals surface area contributed by atoms with Gasteiger partial charge in [0.2, 0.25) is 0 Å². The first-order chi connectivity index (χ1) is 10.3. The fourth-order valence-corrected chi connectivity index (χ4v) is 2.34. The molecule has 0 N–H and O–H groups in total. The van der Waals surface area contributed by atoms with Crippen LogP contribution in [0.3, 0.4) is 0 Å². The van der Waals surface area contributed by atoms with E-state index in [0.29, 0.717) is 12.8 Å². The molecule has 0 heterocycles. The van der Waals surface area contributed by atoms with E-state index in [0.717, 1.165) is 44.9 Å². The van der Waals surface area contributed by atoms with Gasteiger partial charge in [-0.1, -0.05) is 65.2 Å². The predicted octanol–water partition coefficient (Wildman–Crippen LogP) is 6.60. The Balaban J connectivity index is 4.37. The molecule has 0 rings (SSSR count). The van der Waals surface area contributed by atoms with Crippen LogP contribution in [0.25, 0.3) is 0 Å². The molecule has 0 saturated heterocycles. The first kappa shape index (κ1) is 21.7. The molecule has 0 radical (unpaired) electrons. The number of ether oxygens (including phenoxy) is 1. The Hall–Kier alpha value is -0.320. The van der Waals surface area contributed by atoms with Crippen LogP contribution in [0.4, 0.5) is 17.6 Å². The maximum atomic E-state index is 13.9. The summed E-state index contributed by atoms with van der Waals surface area (Å²) in [5.41, 5.74) is 0. The van der Waals surface area contributed by atoms with Crippen LogP contribution >= 0.6 is 0 Å². The van der Waals surface area contributed by atoms with Gasteiger partial charge in [0.1, 0.15) is 6.10 Å². The van der Waals surface area contributed by atoms with Gasteiger partial charge in [0.05, 0.1) is 0 Å². The highest BCUT2D eigenvalue weighted by Gasteiger charge is 2.58. The van der Waals surface area contributed by atoms with Crippen LogP contribution in [-0.2, 0) is 4.74 Å². The molecule has 22 heavy (non-hydrogen) atoms. The minimum absolute atomic E-state index is 0.00603. The molecule has 0 aliphatic heterocycles. The second kappa shape index (κ2) is 11.3. The molecule has 0 bridgehead atoms. The Kier molecular flexibility index (Phi) is 11.1. The van der Waals surface area contributed by atoms with E-state index in [1.807, 2.05) is 6.92 Å². The molecule has 0 aliphatic rings. The summed E-state index contributed by atoms with van der Waals surface area (Å²) >= 11 is 0. The van der Waals surface area contributed by atoms with Crippen molar-refractivity contribution in [2.75, 3.05) is 6.61 Å². The van der Waals surface area contributed by atoms with Gasteiger partial charge in [-0.3, -0.25) is 0 Å². The molecular weight excluding hydrogens is 296 g/mol.